The van der Waals surface area contributed by atoms with Crippen molar-refractivity contribution in [1.82, 2.24) is 4.90 Å². The van der Waals surface area contributed by atoms with Crippen molar-refractivity contribution in [2.45, 2.75) is 20.1 Å². The topological polar surface area (TPSA) is 55.8 Å². The number of rotatable bonds is 7. The van der Waals surface area contributed by atoms with Gasteiger partial charge in [0.15, 0.2) is 11.5 Å². The van der Waals surface area contributed by atoms with Gasteiger partial charge in [0.05, 0.1) is 18.6 Å². The molecule has 0 aromatic heterocycles. The number of thioether (sulfide) groups is 1. The molecule has 1 saturated heterocycles. The molecule has 0 unspecified atom stereocenters. The summed E-state index contributed by atoms with van der Waals surface area (Å²) in [5.41, 5.74) is 3.47. The maximum absolute atomic E-state index is 12.9. The van der Waals surface area contributed by atoms with Crippen LogP contribution in [0.15, 0.2) is 65.6 Å². The third-order valence-electron chi connectivity index (χ3n) is 5.25. The number of imide groups is 1. The molecule has 0 bridgehead atoms. The molecule has 3 aromatic carbocycles. The highest BCUT2D eigenvalue weighted by atomic mass is 35.5. The first kappa shape index (κ1) is 24.2. The van der Waals surface area contributed by atoms with Gasteiger partial charge in [0.25, 0.3) is 11.1 Å². The number of nitrogens with zero attached hydrogens (tertiary/aromatic N) is 1. The second-order valence-electron chi connectivity index (χ2n) is 7.65. The zero-order valence-electron chi connectivity index (χ0n) is 18.5. The zero-order chi connectivity index (χ0) is 24.2. The quantitative estimate of drug-likeness (QED) is 0.314. The third-order valence-corrected chi connectivity index (χ3v) is 6.87. The fraction of sp³-hybridized carbons (Fsp3) is 0.154. The molecule has 0 spiro atoms. The maximum atomic E-state index is 12.9. The highest BCUT2D eigenvalue weighted by Gasteiger charge is 2.35. The van der Waals surface area contributed by atoms with Gasteiger partial charge in [0.1, 0.15) is 6.61 Å². The number of methoxy groups -OCH3 is 1. The van der Waals surface area contributed by atoms with Crippen LogP contribution in [0.1, 0.15) is 22.3 Å². The summed E-state index contributed by atoms with van der Waals surface area (Å²) in [5, 5.41) is 0.431. The molecule has 1 aliphatic rings. The Bertz CT molecular complexity index is 1250. The summed E-state index contributed by atoms with van der Waals surface area (Å²) >= 11 is 13.3. The summed E-state index contributed by atoms with van der Waals surface area (Å²) in [6.07, 6.45) is 1.66. The summed E-state index contributed by atoms with van der Waals surface area (Å²) in [6.45, 7) is 2.45. The molecule has 0 saturated carbocycles. The SMILES string of the molecule is COc1cc(/C=C2/SC(=O)N(Cc3c(Cl)cccc3Cl)C2=O)ccc1OCc1ccc(C)cc1. The average Bonchev–Trinajstić information content (AvgIpc) is 3.08. The number of benzene rings is 3. The number of amides is 2. The summed E-state index contributed by atoms with van der Waals surface area (Å²) < 4.78 is 11.4. The van der Waals surface area contributed by atoms with Gasteiger partial charge in [-0.25, -0.2) is 0 Å². The van der Waals surface area contributed by atoms with E-state index in [2.05, 4.69) is 0 Å². The predicted molar refractivity (Wildman–Crippen MR) is 136 cm³/mol. The molecule has 0 atom stereocenters. The van der Waals surface area contributed by atoms with Crippen molar-refractivity contribution in [1.29, 1.82) is 0 Å². The van der Waals surface area contributed by atoms with Gasteiger partial charge in [-0.15, -0.1) is 0 Å². The molecule has 174 valence electrons. The van der Waals surface area contributed by atoms with Crippen LogP contribution in [0.5, 0.6) is 11.5 Å². The first-order valence-corrected chi connectivity index (χ1v) is 12.0. The van der Waals surface area contributed by atoms with Crippen molar-refractivity contribution in [3.05, 3.63) is 97.9 Å². The Hall–Kier alpha value is -2.93. The smallest absolute Gasteiger partial charge is 0.293 e. The number of ether oxygens (including phenoxy) is 2. The van der Waals surface area contributed by atoms with E-state index < -0.39 is 5.91 Å². The fourth-order valence-corrected chi connectivity index (χ4v) is 4.72. The van der Waals surface area contributed by atoms with Gasteiger partial charge in [0, 0.05) is 15.6 Å². The van der Waals surface area contributed by atoms with Gasteiger partial charge >= 0.3 is 0 Å². The van der Waals surface area contributed by atoms with Crippen LogP contribution in [0.25, 0.3) is 6.08 Å². The maximum Gasteiger partial charge on any atom is 0.293 e. The van der Waals surface area contributed by atoms with E-state index in [9.17, 15) is 9.59 Å². The zero-order valence-corrected chi connectivity index (χ0v) is 20.8. The van der Waals surface area contributed by atoms with E-state index in [1.54, 1.807) is 43.5 Å². The molecule has 1 fully saturated rings. The minimum Gasteiger partial charge on any atom is -0.493 e. The predicted octanol–water partition coefficient (Wildman–Crippen LogP) is 7.13. The lowest BCUT2D eigenvalue weighted by Gasteiger charge is -2.14. The van der Waals surface area contributed by atoms with Crippen LogP contribution >= 0.6 is 35.0 Å². The Balaban J connectivity index is 1.50. The van der Waals surface area contributed by atoms with Gasteiger partial charge in [0.2, 0.25) is 0 Å². The van der Waals surface area contributed by atoms with Gasteiger partial charge in [-0.1, -0.05) is 65.2 Å². The second-order valence-corrected chi connectivity index (χ2v) is 9.46. The van der Waals surface area contributed by atoms with Crippen molar-refractivity contribution in [3.63, 3.8) is 0 Å². The van der Waals surface area contributed by atoms with E-state index in [-0.39, 0.29) is 11.8 Å². The summed E-state index contributed by atoms with van der Waals surface area (Å²) in [6, 6.07) is 18.5. The molecule has 8 heteroatoms. The van der Waals surface area contributed by atoms with Crippen LogP contribution in [0.4, 0.5) is 4.79 Å². The normalized spacial score (nSPS) is 14.7. The number of hydrogen-bond donors (Lipinski definition) is 0. The van der Waals surface area contributed by atoms with E-state index in [4.69, 9.17) is 32.7 Å². The van der Waals surface area contributed by atoms with E-state index in [0.717, 1.165) is 22.2 Å². The van der Waals surface area contributed by atoms with Crippen LogP contribution in [-0.4, -0.2) is 23.2 Å². The average molecular weight is 514 g/mol. The largest absolute Gasteiger partial charge is 0.493 e. The molecule has 4 rings (SSSR count). The van der Waals surface area contributed by atoms with E-state index in [0.29, 0.717) is 44.2 Å². The van der Waals surface area contributed by atoms with E-state index in [1.165, 1.54) is 5.56 Å². The van der Waals surface area contributed by atoms with Crippen LogP contribution < -0.4 is 9.47 Å². The molecule has 5 nitrogen and oxygen atoms in total. The molecule has 0 radical (unpaired) electrons. The van der Waals surface area contributed by atoms with Gasteiger partial charge < -0.3 is 9.47 Å². The molecular weight excluding hydrogens is 493 g/mol. The summed E-state index contributed by atoms with van der Waals surface area (Å²) in [5.74, 6) is 0.717. The van der Waals surface area contributed by atoms with Crippen LogP contribution in [0, 0.1) is 6.92 Å². The summed E-state index contributed by atoms with van der Waals surface area (Å²) in [7, 11) is 1.55. The Morgan fingerprint density at radius 3 is 2.35 bits per heavy atom. The standard InChI is InChI=1S/C26H21Cl2NO4S/c1-16-6-8-17(9-7-16)15-33-22-11-10-18(12-23(22)32-2)13-24-25(30)29(26(31)34-24)14-19-20(27)4-3-5-21(19)28/h3-13H,14-15H2,1-2H3/b24-13+. The minimum atomic E-state index is -0.398. The van der Waals surface area contributed by atoms with Crippen molar-refractivity contribution in [3.8, 4) is 11.5 Å². The molecule has 0 aliphatic carbocycles. The summed E-state index contributed by atoms with van der Waals surface area (Å²) in [4.78, 5) is 26.9. The highest BCUT2D eigenvalue weighted by molar-refractivity contribution is 8.18. The first-order chi connectivity index (χ1) is 16.4. The first-order valence-electron chi connectivity index (χ1n) is 10.4. The highest BCUT2D eigenvalue weighted by Crippen LogP contribution is 2.37. The Morgan fingerprint density at radius 1 is 0.971 bits per heavy atom. The molecular formula is C26H21Cl2NO4S. The van der Waals surface area contributed by atoms with Crippen LogP contribution in [0.2, 0.25) is 10.0 Å². The molecule has 3 aromatic rings. The number of carbonyl (C=O) groups is 2. The molecule has 1 aliphatic heterocycles. The van der Waals surface area contributed by atoms with E-state index in [1.807, 2.05) is 37.3 Å². The Labute approximate surface area is 212 Å². The molecule has 1 heterocycles. The minimum absolute atomic E-state index is 0.00955. The second kappa shape index (κ2) is 10.6. The Kier molecular flexibility index (Phi) is 7.51. The lowest BCUT2D eigenvalue weighted by Crippen LogP contribution is -2.27. The molecule has 0 N–H and O–H groups in total. The van der Waals surface area contributed by atoms with Crippen LogP contribution in [0.3, 0.4) is 0 Å². The molecule has 2 amide bonds. The van der Waals surface area contributed by atoms with E-state index >= 15 is 0 Å². The lowest BCUT2D eigenvalue weighted by molar-refractivity contribution is -0.123. The monoisotopic (exact) mass is 513 g/mol. The lowest BCUT2D eigenvalue weighted by atomic mass is 10.1. The van der Waals surface area contributed by atoms with Crippen molar-refractivity contribution in [2.24, 2.45) is 0 Å². The van der Waals surface area contributed by atoms with Gasteiger partial charge in [-0.05, 0) is 60.2 Å². The third kappa shape index (κ3) is 5.41. The van der Waals surface area contributed by atoms with Crippen molar-refractivity contribution < 1.29 is 19.1 Å². The molecule has 34 heavy (non-hydrogen) atoms. The fourth-order valence-electron chi connectivity index (χ4n) is 3.37. The van der Waals surface area contributed by atoms with Crippen LogP contribution in [-0.2, 0) is 17.9 Å². The van der Waals surface area contributed by atoms with Gasteiger partial charge in [-0.2, -0.15) is 0 Å². The number of halogens is 2. The van der Waals surface area contributed by atoms with Crippen molar-refractivity contribution in [2.75, 3.05) is 7.11 Å². The Morgan fingerprint density at radius 2 is 1.68 bits per heavy atom. The number of carbonyl (C=O) groups excluding carboxylic acids is 2. The van der Waals surface area contributed by atoms with Crippen molar-refractivity contribution >= 4 is 52.2 Å². The van der Waals surface area contributed by atoms with Gasteiger partial charge in [-0.3, -0.25) is 14.5 Å². The number of aryl methyl sites for hydroxylation is 1. The number of hydrogen-bond acceptors (Lipinski definition) is 5.